The molecule has 1 unspecified atom stereocenters. The first-order chi connectivity index (χ1) is 11.6. The van der Waals surface area contributed by atoms with Crippen LogP contribution in [-0.2, 0) is 9.53 Å². The highest BCUT2D eigenvalue weighted by Gasteiger charge is 2.10. The highest BCUT2D eigenvalue weighted by molar-refractivity contribution is 5.86. The van der Waals surface area contributed by atoms with Crippen LogP contribution in [0.2, 0.25) is 0 Å². The highest BCUT2D eigenvalue weighted by atomic mass is 16.5. The largest absolute Gasteiger partial charge is 0.462 e. The number of hydrogen-bond donors (Lipinski definition) is 0. The Kier molecular flexibility index (Phi) is 16.5. The molecule has 0 aliphatic carbocycles. The summed E-state index contributed by atoms with van der Waals surface area (Å²) in [4.78, 5) is 11.4. The van der Waals surface area contributed by atoms with Crippen LogP contribution in [0.3, 0.4) is 0 Å². The fraction of sp³-hybridized carbons (Fsp3) is 0.864. The van der Waals surface area contributed by atoms with Gasteiger partial charge in [0, 0.05) is 5.57 Å². The van der Waals surface area contributed by atoms with Crippen LogP contribution in [0.5, 0.6) is 0 Å². The zero-order valence-electron chi connectivity index (χ0n) is 16.7. The minimum atomic E-state index is -0.247. The molecule has 142 valence electrons. The maximum absolute atomic E-state index is 11.4. The molecule has 0 saturated carbocycles. The fourth-order valence-corrected chi connectivity index (χ4v) is 3.00. The average molecular weight is 339 g/mol. The molecule has 0 aliphatic rings. The molecule has 2 nitrogen and oxygen atoms in total. The van der Waals surface area contributed by atoms with Gasteiger partial charge in [-0.3, -0.25) is 0 Å². The number of rotatable bonds is 17. The van der Waals surface area contributed by atoms with Gasteiger partial charge < -0.3 is 4.74 Å². The summed E-state index contributed by atoms with van der Waals surface area (Å²) in [5, 5.41) is 0. The number of ether oxygens (including phenoxy) is 1. The Bertz CT molecular complexity index is 309. The molecule has 0 spiro atoms. The van der Waals surface area contributed by atoms with E-state index in [1.807, 2.05) is 0 Å². The fourth-order valence-electron chi connectivity index (χ4n) is 3.00. The molecular formula is C22H42O2. The van der Waals surface area contributed by atoms with Gasteiger partial charge in [0.25, 0.3) is 0 Å². The predicted octanol–water partition coefficient (Wildman–Crippen LogP) is 7.22. The third-order valence-corrected chi connectivity index (χ3v) is 4.84. The lowest BCUT2D eigenvalue weighted by molar-refractivity contribution is -0.140. The summed E-state index contributed by atoms with van der Waals surface area (Å²) in [6.07, 6.45) is 18.9. The van der Waals surface area contributed by atoms with Crippen molar-refractivity contribution in [3.05, 3.63) is 12.2 Å². The van der Waals surface area contributed by atoms with Crippen molar-refractivity contribution in [2.75, 3.05) is 6.61 Å². The van der Waals surface area contributed by atoms with Crippen LogP contribution in [0.15, 0.2) is 12.2 Å². The second-order valence-electron chi connectivity index (χ2n) is 7.33. The number of carbonyl (C=O) groups excluding carboxylic acids is 1. The first-order valence-electron chi connectivity index (χ1n) is 10.4. The SMILES string of the molecule is C=C(C)C(=O)OCC(CC)CCCCCCCCCCCCCC. The van der Waals surface area contributed by atoms with Crippen molar-refractivity contribution < 1.29 is 9.53 Å². The Hall–Kier alpha value is -0.790. The maximum Gasteiger partial charge on any atom is 0.333 e. The van der Waals surface area contributed by atoms with E-state index in [9.17, 15) is 4.79 Å². The topological polar surface area (TPSA) is 26.3 Å². The van der Waals surface area contributed by atoms with Gasteiger partial charge in [0.05, 0.1) is 6.61 Å². The highest BCUT2D eigenvalue weighted by Crippen LogP contribution is 2.17. The molecule has 0 saturated heterocycles. The monoisotopic (exact) mass is 338 g/mol. The maximum atomic E-state index is 11.4. The lowest BCUT2D eigenvalue weighted by Crippen LogP contribution is -2.14. The van der Waals surface area contributed by atoms with Crippen LogP contribution in [0.1, 0.15) is 111 Å². The van der Waals surface area contributed by atoms with Crippen molar-refractivity contribution in [3.8, 4) is 0 Å². The van der Waals surface area contributed by atoms with E-state index in [1.165, 1.54) is 83.5 Å². The molecule has 0 fully saturated rings. The number of esters is 1. The summed E-state index contributed by atoms with van der Waals surface area (Å²) >= 11 is 0. The standard InChI is InChI=1S/C22H42O2/c1-5-7-8-9-10-11-12-13-14-15-16-17-18-21(6-2)19-24-22(23)20(3)4/h21H,3,5-19H2,1-2,4H3. The molecule has 0 heterocycles. The Labute approximate surface area is 151 Å². The van der Waals surface area contributed by atoms with Gasteiger partial charge in [-0.1, -0.05) is 104 Å². The van der Waals surface area contributed by atoms with Crippen LogP contribution in [-0.4, -0.2) is 12.6 Å². The van der Waals surface area contributed by atoms with E-state index >= 15 is 0 Å². The molecule has 0 aliphatic heterocycles. The van der Waals surface area contributed by atoms with E-state index in [-0.39, 0.29) is 5.97 Å². The predicted molar refractivity (Wildman–Crippen MR) is 105 cm³/mol. The molecule has 0 radical (unpaired) electrons. The first-order valence-corrected chi connectivity index (χ1v) is 10.4. The normalized spacial score (nSPS) is 12.1. The van der Waals surface area contributed by atoms with Gasteiger partial charge >= 0.3 is 5.97 Å². The van der Waals surface area contributed by atoms with Crippen molar-refractivity contribution in [2.24, 2.45) is 5.92 Å². The van der Waals surface area contributed by atoms with Gasteiger partial charge in [0.1, 0.15) is 0 Å². The second-order valence-corrected chi connectivity index (χ2v) is 7.33. The Balaban J connectivity index is 3.38. The summed E-state index contributed by atoms with van der Waals surface area (Å²) < 4.78 is 5.28. The van der Waals surface area contributed by atoms with E-state index in [0.29, 0.717) is 18.1 Å². The third kappa shape index (κ3) is 14.8. The zero-order chi connectivity index (χ0) is 18.0. The number of unbranched alkanes of at least 4 members (excludes halogenated alkanes) is 11. The summed E-state index contributed by atoms with van der Waals surface area (Å²) in [5.74, 6) is 0.263. The van der Waals surface area contributed by atoms with Crippen LogP contribution in [0.4, 0.5) is 0 Å². The molecule has 0 aromatic heterocycles. The van der Waals surface area contributed by atoms with Gasteiger partial charge in [-0.15, -0.1) is 0 Å². The van der Waals surface area contributed by atoms with E-state index in [4.69, 9.17) is 4.74 Å². The van der Waals surface area contributed by atoms with E-state index in [1.54, 1.807) is 6.92 Å². The molecule has 0 bridgehead atoms. The van der Waals surface area contributed by atoms with Crippen LogP contribution in [0.25, 0.3) is 0 Å². The van der Waals surface area contributed by atoms with E-state index in [2.05, 4.69) is 20.4 Å². The zero-order valence-corrected chi connectivity index (χ0v) is 16.7. The molecule has 0 rings (SSSR count). The number of carbonyl (C=O) groups is 1. The summed E-state index contributed by atoms with van der Waals surface area (Å²) in [5.41, 5.74) is 0.496. The Morgan fingerprint density at radius 3 is 1.71 bits per heavy atom. The van der Waals surface area contributed by atoms with Crippen molar-refractivity contribution in [2.45, 2.75) is 111 Å². The molecule has 2 heteroatoms. The van der Waals surface area contributed by atoms with Crippen molar-refractivity contribution >= 4 is 5.97 Å². The molecule has 24 heavy (non-hydrogen) atoms. The number of hydrogen-bond acceptors (Lipinski definition) is 2. The Morgan fingerprint density at radius 2 is 1.29 bits per heavy atom. The van der Waals surface area contributed by atoms with Gasteiger partial charge in [-0.25, -0.2) is 4.79 Å². The molecular weight excluding hydrogens is 296 g/mol. The smallest absolute Gasteiger partial charge is 0.333 e. The first kappa shape index (κ1) is 23.2. The Morgan fingerprint density at radius 1 is 0.833 bits per heavy atom. The lowest BCUT2D eigenvalue weighted by Gasteiger charge is -2.15. The molecule has 1 atom stereocenters. The molecule has 0 aromatic rings. The molecule has 0 aromatic carbocycles. The third-order valence-electron chi connectivity index (χ3n) is 4.84. The van der Waals surface area contributed by atoms with Gasteiger partial charge in [0.15, 0.2) is 0 Å². The van der Waals surface area contributed by atoms with Crippen LogP contribution in [0, 0.1) is 5.92 Å². The molecule has 0 N–H and O–H groups in total. The lowest BCUT2D eigenvalue weighted by atomic mass is 9.98. The average Bonchev–Trinajstić information content (AvgIpc) is 2.58. The van der Waals surface area contributed by atoms with Gasteiger partial charge in [-0.2, -0.15) is 0 Å². The van der Waals surface area contributed by atoms with E-state index < -0.39 is 0 Å². The van der Waals surface area contributed by atoms with Crippen molar-refractivity contribution in [1.82, 2.24) is 0 Å². The summed E-state index contributed by atoms with van der Waals surface area (Å²) in [6.45, 7) is 10.3. The van der Waals surface area contributed by atoms with Gasteiger partial charge in [-0.05, 0) is 19.3 Å². The quantitative estimate of drug-likeness (QED) is 0.159. The van der Waals surface area contributed by atoms with Crippen LogP contribution >= 0.6 is 0 Å². The van der Waals surface area contributed by atoms with E-state index in [0.717, 1.165) is 6.42 Å². The second kappa shape index (κ2) is 17.0. The van der Waals surface area contributed by atoms with Crippen LogP contribution < -0.4 is 0 Å². The van der Waals surface area contributed by atoms with Crippen molar-refractivity contribution in [1.29, 1.82) is 0 Å². The minimum absolute atomic E-state index is 0.247. The summed E-state index contributed by atoms with van der Waals surface area (Å²) in [7, 11) is 0. The molecule has 0 amide bonds. The minimum Gasteiger partial charge on any atom is -0.462 e. The van der Waals surface area contributed by atoms with Gasteiger partial charge in [0.2, 0.25) is 0 Å². The summed E-state index contributed by atoms with van der Waals surface area (Å²) in [6, 6.07) is 0. The van der Waals surface area contributed by atoms with Crippen molar-refractivity contribution in [3.63, 3.8) is 0 Å².